The Kier molecular flexibility index (Phi) is 4.60. The van der Waals surface area contributed by atoms with Crippen LogP contribution < -0.4 is 4.74 Å². The zero-order valence-electron chi connectivity index (χ0n) is 10.9. The Labute approximate surface area is 109 Å². The standard InChI is InChI=1S/C15H20N2O/c1-13-4-6-15(7-5-13)18-12-14(8-9-16)17-10-2-3-11-17/h4-7,14H,2-3,8,10-12H2,1H3. The normalized spacial score (nSPS) is 17.3. The summed E-state index contributed by atoms with van der Waals surface area (Å²) in [6, 6.07) is 10.6. The van der Waals surface area contributed by atoms with Crippen LogP contribution in [0.1, 0.15) is 24.8 Å². The lowest BCUT2D eigenvalue weighted by Gasteiger charge is -2.25. The van der Waals surface area contributed by atoms with Crippen molar-refractivity contribution < 1.29 is 4.74 Å². The molecule has 1 heterocycles. The predicted molar refractivity (Wildman–Crippen MR) is 71.5 cm³/mol. The number of nitrogens with zero attached hydrogens (tertiary/aromatic N) is 2. The van der Waals surface area contributed by atoms with Gasteiger partial charge in [-0.25, -0.2) is 0 Å². The van der Waals surface area contributed by atoms with E-state index in [1.807, 2.05) is 24.3 Å². The third-order valence-corrected chi connectivity index (χ3v) is 3.45. The van der Waals surface area contributed by atoms with Crippen LogP contribution in [-0.4, -0.2) is 30.6 Å². The summed E-state index contributed by atoms with van der Waals surface area (Å²) in [5, 5.41) is 8.90. The summed E-state index contributed by atoms with van der Waals surface area (Å²) in [4.78, 5) is 2.37. The lowest BCUT2D eigenvalue weighted by molar-refractivity contribution is 0.162. The lowest BCUT2D eigenvalue weighted by Crippen LogP contribution is -2.37. The minimum atomic E-state index is 0.235. The molecule has 2 rings (SSSR count). The average molecular weight is 244 g/mol. The van der Waals surface area contributed by atoms with Crippen molar-refractivity contribution in [1.29, 1.82) is 5.26 Å². The molecule has 0 amide bonds. The van der Waals surface area contributed by atoms with Crippen molar-refractivity contribution in [1.82, 2.24) is 4.90 Å². The largest absolute Gasteiger partial charge is 0.492 e. The van der Waals surface area contributed by atoms with Gasteiger partial charge in [-0.05, 0) is 45.0 Å². The second-order valence-corrected chi connectivity index (χ2v) is 4.88. The molecule has 0 aromatic heterocycles. The fraction of sp³-hybridized carbons (Fsp3) is 0.533. The molecule has 1 fully saturated rings. The predicted octanol–water partition coefficient (Wildman–Crippen LogP) is 2.75. The Balaban J connectivity index is 1.89. The maximum absolute atomic E-state index is 8.90. The molecule has 1 aromatic rings. The van der Waals surface area contributed by atoms with Gasteiger partial charge < -0.3 is 4.74 Å². The van der Waals surface area contributed by atoms with Crippen molar-refractivity contribution in [2.75, 3.05) is 19.7 Å². The number of ether oxygens (including phenoxy) is 1. The van der Waals surface area contributed by atoms with Crippen LogP contribution in [0.25, 0.3) is 0 Å². The average Bonchev–Trinajstić information content (AvgIpc) is 2.90. The lowest BCUT2D eigenvalue weighted by atomic mass is 10.2. The first-order valence-corrected chi connectivity index (χ1v) is 6.60. The van der Waals surface area contributed by atoms with Gasteiger partial charge in [0, 0.05) is 0 Å². The van der Waals surface area contributed by atoms with Crippen LogP contribution >= 0.6 is 0 Å². The quantitative estimate of drug-likeness (QED) is 0.799. The second kappa shape index (κ2) is 6.42. The molecular weight excluding hydrogens is 224 g/mol. The Morgan fingerprint density at radius 3 is 2.56 bits per heavy atom. The molecule has 0 bridgehead atoms. The number of rotatable bonds is 5. The van der Waals surface area contributed by atoms with E-state index in [2.05, 4.69) is 17.9 Å². The van der Waals surface area contributed by atoms with E-state index in [9.17, 15) is 0 Å². The number of likely N-dealkylation sites (tertiary alicyclic amines) is 1. The van der Waals surface area contributed by atoms with Gasteiger partial charge in [0.15, 0.2) is 0 Å². The van der Waals surface area contributed by atoms with E-state index in [0.717, 1.165) is 18.8 Å². The van der Waals surface area contributed by atoms with E-state index < -0.39 is 0 Å². The first kappa shape index (κ1) is 12.9. The summed E-state index contributed by atoms with van der Waals surface area (Å²) in [5.41, 5.74) is 1.23. The van der Waals surface area contributed by atoms with Crippen molar-refractivity contribution in [2.24, 2.45) is 0 Å². The van der Waals surface area contributed by atoms with Gasteiger partial charge in [0.05, 0.1) is 18.5 Å². The molecule has 1 aliphatic rings. The first-order valence-electron chi connectivity index (χ1n) is 6.60. The molecular formula is C15H20N2O. The zero-order chi connectivity index (χ0) is 12.8. The van der Waals surface area contributed by atoms with Crippen LogP contribution in [0.5, 0.6) is 5.75 Å². The number of nitriles is 1. The van der Waals surface area contributed by atoms with E-state index in [0.29, 0.717) is 13.0 Å². The summed E-state index contributed by atoms with van der Waals surface area (Å²) in [7, 11) is 0. The summed E-state index contributed by atoms with van der Waals surface area (Å²) in [6.07, 6.45) is 3.03. The van der Waals surface area contributed by atoms with Gasteiger partial charge in [-0.3, -0.25) is 4.90 Å². The van der Waals surface area contributed by atoms with Crippen LogP contribution in [0.4, 0.5) is 0 Å². The maximum Gasteiger partial charge on any atom is 0.119 e. The third kappa shape index (κ3) is 3.48. The van der Waals surface area contributed by atoms with E-state index >= 15 is 0 Å². The monoisotopic (exact) mass is 244 g/mol. The van der Waals surface area contributed by atoms with Crippen LogP contribution in [0.3, 0.4) is 0 Å². The fourth-order valence-corrected chi connectivity index (χ4v) is 2.33. The highest BCUT2D eigenvalue weighted by Gasteiger charge is 2.22. The fourth-order valence-electron chi connectivity index (χ4n) is 2.33. The Morgan fingerprint density at radius 2 is 1.94 bits per heavy atom. The molecule has 1 atom stereocenters. The molecule has 1 aliphatic heterocycles. The van der Waals surface area contributed by atoms with E-state index in [1.54, 1.807) is 0 Å². The number of aryl methyl sites for hydroxylation is 1. The molecule has 1 aromatic carbocycles. The molecule has 0 spiro atoms. The highest BCUT2D eigenvalue weighted by atomic mass is 16.5. The van der Waals surface area contributed by atoms with Gasteiger partial charge in [0.1, 0.15) is 12.4 Å². The highest BCUT2D eigenvalue weighted by Crippen LogP contribution is 2.17. The molecule has 0 saturated carbocycles. The molecule has 0 aliphatic carbocycles. The minimum Gasteiger partial charge on any atom is -0.492 e. The Morgan fingerprint density at radius 1 is 1.28 bits per heavy atom. The third-order valence-electron chi connectivity index (χ3n) is 3.45. The van der Waals surface area contributed by atoms with E-state index in [1.165, 1.54) is 18.4 Å². The van der Waals surface area contributed by atoms with Gasteiger partial charge in [-0.2, -0.15) is 5.26 Å². The molecule has 18 heavy (non-hydrogen) atoms. The van der Waals surface area contributed by atoms with Crippen LogP contribution in [-0.2, 0) is 0 Å². The summed E-state index contributed by atoms with van der Waals surface area (Å²) in [5.74, 6) is 0.891. The Bertz CT molecular complexity index is 401. The molecule has 3 nitrogen and oxygen atoms in total. The zero-order valence-corrected chi connectivity index (χ0v) is 10.9. The molecule has 1 unspecified atom stereocenters. The SMILES string of the molecule is Cc1ccc(OCC(CC#N)N2CCCC2)cc1. The van der Waals surface area contributed by atoms with E-state index in [4.69, 9.17) is 10.00 Å². The topological polar surface area (TPSA) is 36.3 Å². The van der Waals surface area contributed by atoms with Crippen molar-refractivity contribution >= 4 is 0 Å². The molecule has 1 saturated heterocycles. The smallest absolute Gasteiger partial charge is 0.119 e. The molecule has 96 valence electrons. The molecule has 0 N–H and O–H groups in total. The van der Waals surface area contributed by atoms with Crippen molar-refractivity contribution in [3.8, 4) is 11.8 Å². The van der Waals surface area contributed by atoms with Crippen molar-refractivity contribution in [3.05, 3.63) is 29.8 Å². The Hall–Kier alpha value is -1.53. The second-order valence-electron chi connectivity index (χ2n) is 4.88. The number of hydrogen-bond acceptors (Lipinski definition) is 3. The van der Waals surface area contributed by atoms with Gasteiger partial charge in [-0.1, -0.05) is 17.7 Å². The summed E-state index contributed by atoms with van der Waals surface area (Å²) < 4.78 is 5.80. The van der Waals surface area contributed by atoms with Crippen LogP contribution in [0.15, 0.2) is 24.3 Å². The number of benzene rings is 1. The van der Waals surface area contributed by atoms with Gasteiger partial charge in [0.25, 0.3) is 0 Å². The van der Waals surface area contributed by atoms with Crippen LogP contribution in [0.2, 0.25) is 0 Å². The summed E-state index contributed by atoms with van der Waals surface area (Å²) >= 11 is 0. The van der Waals surface area contributed by atoms with Crippen molar-refractivity contribution in [3.63, 3.8) is 0 Å². The molecule has 3 heteroatoms. The van der Waals surface area contributed by atoms with E-state index in [-0.39, 0.29) is 6.04 Å². The van der Waals surface area contributed by atoms with Crippen LogP contribution in [0, 0.1) is 18.3 Å². The minimum absolute atomic E-state index is 0.235. The maximum atomic E-state index is 8.90. The van der Waals surface area contributed by atoms with Gasteiger partial charge in [-0.15, -0.1) is 0 Å². The number of hydrogen-bond donors (Lipinski definition) is 0. The van der Waals surface area contributed by atoms with Gasteiger partial charge in [0.2, 0.25) is 0 Å². The highest BCUT2D eigenvalue weighted by molar-refractivity contribution is 5.26. The van der Waals surface area contributed by atoms with Crippen molar-refractivity contribution in [2.45, 2.75) is 32.2 Å². The van der Waals surface area contributed by atoms with Gasteiger partial charge >= 0.3 is 0 Å². The first-order chi connectivity index (χ1) is 8.79. The summed E-state index contributed by atoms with van der Waals surface area (Å²) in [6.45, 7) is 4.87. The molecule has 0 radical (unpaired) electrons.